The molecule has 0 radical (unpaired) electrons. The van der Waals surface area contributed by atoms with Gasteiger partial charge in [0, 0.05) is 17.3 Å². The van der Waals surface area contributed by atoms with Crippen molar-refractivity contribution < 1.29 is 0 Å². The van der Waals surface area contributed by atoms with Crippen molar-refractivity contribution in [3.63, 3.8) is 0 Å². The van der Waals surface area contributed by atoms with Crippen LogP contribution < -0.4 is 11.1 Å². The SMILES string of the molecule is C.C=C(/C=C\C=C/C)C1(c2ccccc2Nc2ccccc2)c2ccccc2-c2ccc(-c3cccc(-c4ccccc4C(/C=C(\C)c4ccccc4)c4ccc(-c5ccccc5)cc4)c3)cc21.CN. The predicted molar refractivity (Wildman–Crippen MR) is 303 cm³/mol. The van der Waals surface area contributed by atoms with E-state index in [1.54, 1.807) is 0 Å². The van der Waals surface area contributed by atoms with Gasteiger partial charge in [0.25, 0.3) is 0 Å². The van der Waals surface area contributed by atoms with E-state index in [-0.39, 0.29) is 13.3 Å². The van der Waals surface area contributed by atoms with Crippen LogP contribution in [0, 0.1) is 0 Å². The molecular weight excluding hydrogens is 845 g/mol. The summed E-state index contributed by atoms with van der Waals surface area (Å²) in [6.07, 6.45) is 10.9. The van der Waals surface area contributed by atoms with Gasteiger partial charge in [-0.25, -0.2) is 0 Å². The van der Waals surface area contributed by atoms with E-state index in [4.69, 9.17) is 6.58 Å². The smallest absolute Gasteiger partial charge is 0.0728 e. The number of anilines is 2. The number of fused-ring (bicyclic) bond motifs is 3. The Morgan fingerprint density at radius 2 is 1.04 bits per heavy atom. The van der Waals surface area contributed by atoms with Gasteiger partial charge >= 0.3 is 0 Å². The van der Waals surface area contributed by atoms with Gasteiger partial charge in [-0.15, -0.1) is 0 Å². The van der Waals surface area contributed by atoms with Gasteiger partial charge in [-0.1, -0.05) is 245 Å². The molecule has 0 heterocycles. The van der Waals surface area contributed by atoms with Crippen molar-refractivity contribution in [1.29, 1.82) is 0 Å². The maximum absolute atomic E-state index is 4.92. The average molecular weight is 907 g/mol. The standard InChI is InChI=1S/C66H53N.CH5N.CH4/c1-4-5-9-23-48(3)66(63-36-20-21-37-65(63)67-56-30-14-8-15-31-56)62-35-19-18-34-59(62)60-43-42-54(46-64(60)66)53-28-22-29-55(45-53)57-32-16-17-33-58(57)61(44-47(2)49-24-10-6-11-25-49)52-40-38-51(39-41-52)50-26-12-7-13-27-50;1-2;/h4-46,61,67H,3H2,1-2H3;2H2,1H3;1H4/b5-4-,23-9-,47-44+;;. The van der Waals surface area contributed by atoms with Crippen molar-refractivity contribution in [2.75, 3.05) is 12.4 Å². The monoisotopic (exact) mass is 906 g/mol. The van der Waals surface area contributed by atoms with Crippen molar-refractivity contribution in [3.8, 4) is 44.5 Å². The Bertz CT molecular complexity index is 3290. The lowest BCUT2D eigenvalue weighted by Gasteiger charge is -2.36. The highest BCUT2D eigenvalue weighted by Crippen LogP contribution is 2.58. The van der Waals surface area contributed by atoms with E-state index in [1.165, 1.54) is 73.8 Å². The van der Waals surface area contributed by atoms with E-state index in [9.17, 15) is 0 Å². The molecule has 0 saturated carbocycles. The molecule has 3 N–H and O–H groups in total. The second-order valence-electron chi connectivity index (χ2n) is 17.4. The second-order valence-corrected chi connectivity index (χ2v) is 17.4. The zero-order chi connectivity index (χ0) is 47.6. The molecule has 0 saturated heterocycles. The van der Waals surface area contributed by atoms with E-state index in [0.717, 1.165) is 33.6 Å². The fraction of sp³-hybridized carbons (Fsp3) is 0.0882. The van der Waals surface area contributed by atoms with E-state index >= 15 is 0 Å². The maximum Gasteiger partial charge on any atom is 0.0728 e. The summed E-state index contributed by atoms with van der Waals surface area (Å²) in [6.45, 7) is 9.20. The number of hydrogen-bond donors (Lipinski definition) is 2. The van der Waals surface area contributed by atoms with Gasteiger partial charge in [0.1, 0.15) is 0 Å². The molecule has 9 aromatic carbocycles. The van der Waals surface area contributed by atoms with Gasteiger partial charge in [-0.05, 0) is 140 Å². The minimum Gasteiger partial charge on any atom is -0.355 e. The third-order valence-electron chi connectivity index (χ3n) is 13.3. The highest BCUT2D eigenvalue weighted by Gasteiger charge is 2.47. The van der Waals surface area contributed by atoms with Crippen LogP contribution in [0.15, 0.2) is 273 Å². The number of hydrogen-bond acceptors (Lipinski definition) is 2. The summed E-state index contributed by atoms with van der Waals surface area (Å²) in [5.41, 5.74) is 25.0. The van der Waals surface area contributed by atoms with Gasteiger partial charge in [-0.3, -0.25) is 0 Å². The molecular formula is C68H62N2. The Labute approximate surface area is 416 Å². The average Bonchev–Trinajstić information content (AvgIpc) is 3.72. The fourth-order valence-electron chi connectivity index (χ4n) is 10.1. The topological polar surface area (TPSA) is 38.0 Å². The molecule has 1 aliphatic rings. The van der Waals surface area contributed by atoms with Crippen molar-refractivity contribution >= 4 is 16.9 Å². The Morgan fingerprint density at radius 3 is 1.77 bits per heavy atom. The summed E-state index contributed by atoms with van der Waals surface area (Å²) >= 11 is 0. The molecule has 2 atom stereocenters. The van der Waals surface area contributed by atoms with Crippen LogP contribution in [0.25, 0.3) is 50.1 Å². The van der Waals surface area contributed by atoms with E-state index < -0.39 is 5.41 Å². The largest absolute Gasteiger partial charge is 0.355 e. The van der Waals surface area contributed by atoms with Crippen LogP contribution >= 0.6 is 0 Å². The molecule has 2 nitrogen and oxygen atoms in total. The molecule has 1 aliphatic carbocycles. The van der Waals surface area contributed by atoms with Crippen LogP contribution in [0.5, 0.6) is 0 Å². The Balaban J connectivity index is 0.00000217. The summed E-state index contributed by atoms with van der Waals surface area (Å²) < 4.78 is 0. The molecule has 0 spiro atoms. The fourth-order valence-corrected chi connectivity index (χ4v) is 10.1. The third-order valence-corrected chi connectivity index (χ3v) is 13.3. The number of benzene rings is 9. The van der Waals surface area contributed by atoms with Crippen LogP contribution in [0.2, 0.25) is 0 Å². The molecule has 2 unspecified atom stereocenters. The summed E-state index contributed by atoms with van der Waals surface area (Å²) in [6, 6.07) is 83.6. The lowest BCUT2D eigenvalue weighted by Crippen LogP contribution is -2.29. The predicted octanol–water partition coefficient (Wildman–Crippen LogP) is 17.9. The van der Waals surface area contributed by atoms with Crippen LogP contribution in [-0.2, 0) is 5.41 Å². The minimum absolute atomic E-state index is 0. The first-order chi connectivity index (χ1) is 34.0. The van der Waals surface area contributed by atoms with E-state index in [1.807, 2.05) is 6.92 Å². The van der Waals surface area contributed by atoms with Gasteiger partial charge in [0.15, 0.2) is 0 Å². The zero-order valence-corrected chi connectivity index (χ0v) is 39.7. The van der Waals surface area contributed by atoms with Gasteiger partial charge in [-0.2, -0.15) is 0 Å². The molecule has 2 heteroatoms. The highest BCUT2D eigenvalue weighted by molar-refractivity contribution is 5.91. The maximum atomic E-state index is 4.92. The van der Waals surface area contributed by atoms with E-state index in [0.29, 0.717) is 0 Å². The van der Waals surface area contributed by atoms with Gasteiger partial charge in [0.05, 0.1) is 5.41 Å². The molecule has 9 aromatic rings. The summed E-state index contributed by atoms with van der Waals surface area (Å²) in [5.74, 6) is 0.00943. The first-order valence-electron chi connectivity index (χ1n) is 23.8. The second kappa shape index (κ2) is 22.2. The highest BCUT2D eigenvalue weighted by atomic mass is 14.9. The summed E-state index contributed by atoms with van der Waals surface area (Å²) in [7, 11) is 1.50. The molecule has 0 bridgehead atoms. The van der Waals surface area contributed by atoms with Crippen LogP contribution in [0.4, 0.5) is 11.4 Å². The number of para-hydroxylation sites is 2. The normalized spacial score (nSPS) is 14.2. The first kappa shape index (κ1) is 48.2. The number of nitrogens with two attached hydrogens (primary N) is 1. The number of nitrogens with one attached hydrogen (secondary N) is 1. The molecule has 0 aromatic heterocycles. The van der Waals surface area contributed by atoms with Crippen molar-refractivity contribution in [1.82, 2.24) is 0 Å². The van der Waals surface area contributed by atoms with Crippen molar-refractivity contribution in [2.45, 2.75) is 32.6 Å². The molecule has 0 fully saturated rings. The molecule has 0 amide bonds. The molecule has 344 valence electrons. The summed E-state index contributed by atoms with van der Waals surface area (Å²) in [5, 5.41) is 3.80. The van der Waals surface area contributed by atoms with Crippen LogP contribution in [-0.4, -0.2) is 7.05 Å². The minimum atomic E-state index is -0.686. The van der Waals surface area contributed by atoms with E-state index in [2.05, 4.69) is 279 Å². The Hall–Kier alpha value is -8.30. The lowest BCUT2D eigenvalue weighted by molar-refractivity contribution is 0.773. The van der Waals surface area contributed by atoms with Gasteiger partial charge < -0.3 is 11.1 Å². The quantitative estimate of drug-likeness (QED) is 0.113. The number of rotatable bonds is 13. The molecule has 10 rings (SSSR count). The van der Waals surface area contributed by atoms with Crippen LogP contribution in [0.3, 0.4) is 0 Å². The van der Waals surface area contributed by atoms with Crippen molar-refractivity contribution in [3.05, 3.63) is 306 Å². The van der Waals surface area contributed by atoms with Crippen LogP contribution in [0.1, 0.15) is 60.6 Å². The van der Waals surface area contributed by atoms with Crippen molar-refractivity contribution in [2.24, 2.45) is 5.73 Å². The Kier molecular flexibility index (Phi) is 15.3. The molecule has 0 aliphatic heterocycles. The summed E-state index contributed by atoms with van der Waals surface area (Å²) in [4.78, 5) is 0. The zero-order valence-electron chi connectivity index (χ0n) is 39.7. The lowest BCUT2D eigenvalue weighted by atomic mass is 9.66. The van der Waals surface area contributed by atoms with Gasteiger partial charge in [0.2, 0.25) is 0 Å². The molecule has 70 heavy (non-hydrogen) atoms. The first-order valence-corrected chi connectivity index (χ1v) is 23.8. The number of allylic oxidation sites excluding steroid dienone is 7. The Morgan fingerprint density at radius 1 is 0.500 bits per heavy atom. The third kappa shape index (κ3) is 9.56.